The molecule has 0 radical (unpaired) electrons. The molecule has 4 heteroatoms. The van der Waals surface area contributed by atoms with Crippen molar-refractivity contribution in [2.75, 3.05) is 33.4 Å². The summed E-state index contributed by atoms with van der Waals surface area (Å²) in [6.45, 7) is 4.95. The molecular formula is C11H20N2O2. The Morgan fingerprint density at radius 3 is 2.93 bits per heavy atom. The van der Waals surface area contributed by atoms with E-state index in [1.165, 1.54) is 0 Å². The van der Waals surface area contributed by atoms with Gasteiger partial charge < -0.3 is 14.9 Å². The van der Waals surface area contributed by atoms with Crippen LogP contribution < -0.4 is 5.73 Å². The van der Waals surface area contributed by atoms with Crippen molar-refractivity contribution in [3.8, 4) is 0 Å². The van der Waals surface area contributed by atoms with Gasteiger partial charge >= 0.3 is 0 Å². The van der Waals surface area contributed by atoms with Crippen LogP contribution in [0.2, 0.25) is 0 Å². The van der Waals surface area contributed by atoms with Gasteiger partial charge in [-0.3, -0.25) is 4.90 Å². The van der Waals surface area contributed by atoms with E-state index < -0.39 is 0 Å². The lowest BCUT2D eigenvalue weighted by atomic mass is 10.1. The topological polar surface area (TPSA) is 51.6 Å². The third kappa shape index (κ3) is 3.66. The van der Waals surface area contributed by atoms with Crippen molar-refractivity contribution >= 4 is 0 Å². The smallest absolute Gasteiger partial charge is 0.0950 e. The number of hydrogen-bond donors (Lipinski definition) is 1. The van der Waals surface area contributed by atoms with Crippen molar-refractivity contribution < 1.29 is 9.15 Å². The predicted molar refractivity (Wildman–Crippen MR) is 59.6 cm³/mol. The second-order valence-electron chi connectivity index (χ2n) is 3.49. The fourth-order valence-electron chi connectivity index (χ4n) is 1.54. The SMILES string of the molecule is CCOCCN(C)C(CN)c1ccoc1. The van der Waals surface area contributed by atoms with Gasteiger partial charge in [0.2, 0.25) is 0 Å². The lowest BCUT2D eigenvalue weighted by Crippen LogP contribution is -2.32. The molecule has 0 saturated carbocycles. The summed E-state index contributed by atoms with van der Waals surface area (Å²) in [4.78, 5) is 2.18. The lowest BCUT2D eigenvalue weighted by Gasteiger charge is -2.25. The minimum atomic E-state index is 0.212. The molecule has 1 unspecified atom stereocenters. The van der Waals surface area contributed by atoms with Crippen molar-refractivity contribution in [3.05, 3.63) is 24.2 Å². The Bertz CT molecular complexity index is 249. The van der Waals surface area contributed by atoms with Gasteiger partial charge in [0, 0.05) is 31.3 Å². The quantitative estimate of drug-likeness (QED) is 0.691. The largest absolute Gasteiger partial charge is 0.472 e. The van der Waals surface area contributed by atoms with E-state index in [1.807, 2.05) is 20.0 Å². The first-order chi connectivity index (χ1) is 7.29. The number of furan rings is 1. The van der Waals surface area contributed by atoms with Crippen molar-refractivity contribution in [1.29, 1.82) is 0 Å². The molecule has 86 valence electrons. The number of ether oxygens (including phenoxy) is 1. The molecule has 1 atom stereocenters. The van der Waals surface area contributed by atoms with Crippen LogP contribution in [0.1, 0.15) is 18.5 Å². The number of hydrogen-bond acceptors (Lipinski definition) is 4. The van der Waals surface area contributed by atoms with Gasteiger partial charge in [-0.1, -0.05) is 0 Å². The summed E-state index contributed by atoms with van der Waals surface area (Å²) in [5.74, 6) is 0. The van der Waals surface area contributed by atoms with E-state index >= 15 is 0 Å². The monoisotopic (exact) mass is 212 g/mol. The minimum absolute atomic E-state index is 0.212. The average molecular weight is 212 g/mol. The fourth-order valence-corrected chi connectivity index (χ4v) is 1.54. The second kappa shape index (κ2) is 6.61. The van der Waals surface area contributed by atoms with Crippen LogP contribution in [0.5, 0.6) is 0 Å². The number of likely N-dealkylation sites (N-methyl/N-ethyl adjacent to an activating group) is 1. The molecule has 1 aromatic heterocycles. The third-order valence-corrected chi connectivity index (χ3v) is 2.48. The van der Waals surface area contributed by atoms with E-state index in [-0.39, 0.29) is 6.04 Å². The van der Waals surface area contributed by atoms with Gasteiger partial charge in [-0.15, -0.1) is 0 Å². The molecule has 1 aromatic rings. The number of nitrogens with two attached hydrogens (primary N) is 1. The van der Waals surface area contributed by atoms with Crippen LogP contribution in [0.25, 0.3) is 0 Å². The Labute approximate surface area is 91.0 Å². The van der Waals surface area contributed by atoms with Crippen molar-refractivity contribution in [3.63, 3.8) is 0 Å². The van der Waals surface area contributed by atoms with Crippen molar-refractivity contribution in [2.45, 2.75) is 13.0 Å². The Balaban J connectivity index is 2.44. The summed E-state index contributed by atoms with van der Waals surface area (Å²) in [5, 5.41) is 0. The van der Waals surface area contributed by atoms with Crippen LogP contribution in [0, 0.1) is 0 Å². The van der Waals surface area contributed by atoms with Crippen LogP contribution in [0.4, 0.5) is 0 Å². The maximum absolute atomic E-state index is 5.74. The predicted octanol–water partition coefficient (Wildman–Crippen LogP) is 1.25. The summed E-state index contributed by atoms with van der Waals surface area (Å²) >= 11 is 0. The van der Waals surface area contributed by atoms with Gasteiger partial charge in [0.1, 0.15) is 0 Å². The van der Waals surface area contributed by atoms with Gasteiger partial charge in [0.25, 0.3) is 0 Å². The fraction of sp³-hybridized carbons (Fsp3) is 0.636. The molecule has 0 spiro atoms. The normalized spacial score (nSPS) is 13.3. The first-order valence-corrected chi connectivity index (χ1v) is 5.29. The maximum Gasteiger partial charge on any atom is 0.0950 e. The molecule has 1 rings (SSSR count). The summed E-state index contributed by atoms with van der Waals surface area (Å²) < 4.78 is 10.4. The van der Waals surface area contributed by atoms with E-state index in [2.05, 4.69) is 4.90 Å². The minimum Gasteiger partial charge on any atom is -0.472 e. The molecule has 0 aliphatic rings. The van der Waals surface area contributed by atoms with Gasteiger partial charge in [0.15, 0.2) is 0 Å². The standard InChI is InChI=1S/C11H20N2O2/c1-3-14-7-5-13(2)11(8-12)10-4-6-15-9-10/h4,6,9,11H,3,5,7-8,12H2,1-2H3. The average Bonchev–Trinajstić information content (AvgIpc) is 2.73. The Hall–Kier alpha value is -0.840. The highest BCUT2D eigenvalue weighted by molar-refractivity contribution is 5.12. The maximum atomic E-state index is 5.74. The van der Waals surface area contributed by atoms with Crippen molar-refractivity contribution in [1.82, 2.24) is 4.90 Å². The number of nitrogens with zero attached hydrogens (tertiary/aromatic N) is 1. The molecule has 1 heterocycles. The van der Waals surface area contributed by atoms with E-state index in [9.17, 15) is 0 Å². The molecule has 0 aliphatic carbocycles. The Morgan fingerprint density at radius 2 is 2.40 bits per heavy atom. The van der Waals surface area contributed by atoms with Crippen LogP contribution in [0.3, 0.4) is 0 Å². The molecule has 0 saturated heterocycles. The molecule has 2 N–H and O–H groups in total. The molecule has 0 bridgehead atoms. The number of rotatable bonds is 7. The van der Waals surface area contributed by atoms with Gasteiger partial charge in [-0.2, -0.15) is 0 Å². The zero-order chi connectivity index (χ0) is 11.1. The molecule has 0 fully saturated rings. The highest BCUT2D eigenvalue weighted by Gasteiger charge is 2.15. The second-order valence-corrected chi connectivity index (χ2v) is 3.49. The van der Waals surface area contributed by atoms with E-state index in [1.54, 1.807) is 12.5 Å². The molecule has 15 heavy (non-hydrogen) atoms. The van der Waals surface area contributed by atoms with Gasteiger partial charge in [0.05, 0.1) is 19.1 Å². The van der Waals surface area contributed by atoms with E-state index in [0.29, 0.717) is 6.54 Å². The summed E-state index contributed by atoms with van der Waals surface area (Å²) in [7, 11) is 2.05. The van der Waals surface area contributed by atoms with Crippen LogP contribution in [-0.4, -0.2) is 38.3 Å². The molecular weight excluding hydrogens is 192 g/mol. The zero-order valence-corrected chi connectivity index (χ0v) is 9.48. The molecule has 0 amide bonds. The van der Waals surface area contributed by atoms with E-state index in [4.69, 9.17) is 14.9 Å². The molecule has 0 aromatic carbocycles. The van der Waals surface area contributed by atoms with Crippen LogP contribution in [-0.2, 0) is 4.74 Å². The highest BCUT2D eigenvalue weighted by Crippen LogP contribution is 2.17. The summed E-state index contributed by atoms with van der Waals surface area (Å²) in [6, 6.07) is 2.17. The lowest BCUT2D eigenvalue weighted by molar-refractivity contribution is 0.108. The zero-order valence-electron chi connectivity index (χ0n) is 9.48. The van der Waals surface area contributed by atoms with Gasteiger partial charge in [-0.25, -0.2) is 0 Å². The summed E-state index contributed by atoms with van der Waals surface area (Å²) in [5.41, 5.74) is 6.87. The third-order valence-electron chi connectivity index (χ3n) is 2.48. The highest BCUT2D eigenvalue weighted by atomic mass is 16.5. The van der Waals surface area contributed by atoms with Crippen LogP contribution >= 0.6 is 0 Å². The Morgan fingerprint density at radius 1 is 1.60 bits per heavy atom. The van der Waals surface area contributed by atoms with E-state index in [0.717, 1.165) is 25.3 Å². The first-order valence-electron chi connectivity index (χ1n) is 5.29. The summed E-state index contributed by atoms with van der Waals surface area (Å²) in [6.07, 6.45) is 3.42. The first kappa shape index (κ1) is 12.2. The Kier molecular flexibility index (Phi) is 5.39. The van der Waals surface area contributed by atoms with Crippen molar-refractivity contribution in [2.24, 2.45) is 5.73 Å². The van der Waals surface area contributed by atoms with Gasteiger partial charge in [-0.05, 0) is 20.0 Å². The molecule has 0 aliphatic heterocycles. The van der Waals surface area contributed by atoms with Crippen LogP contribution in [0.15, 0.2) is 23.0 Å². The molecule has 4 nitrogen and oxygen atoms in total.